The summed E-state index contributed by atoms with van der Waals surface area (Å²) in [4.78, 5) is 16.0. The second kappa shape index (κ2) is 9.86. The van der Waals surface area contributed by atoms with Crippen LogP contribution < -0.4 is 15.4 Å². The van der Waals surface area contributed by atoms with Crippen molar-refractivity contribution in [2.24, 2.45) is 0 Å². The number of nitrogens with zero attached hydrogens (tertiary/aromatic N) is 2. The van der Waals surface area contributed by atoms with Crippen molar-refractivity contribution >= 4 is 27.4 Å². The van der Waals surface area contributed by atoms with Gasteiger partial charge >= 0.3 is 6.03 Å². The Hall–Kier alpha value is -2.72. The number of sulfonamides is 1. The van der Waals surface area contributed by atoms with E-state index in [2.05, 4.69) is 15.6 Å². The monoisotopic (exact) mass is 436 g/mol. The summed E-state index contributed by atoms with van der Waals surface area (Å²) in [7, 11) is -3.31. The zero-order chi connectivity index (χ0) is 21.6. The summed E-state index contributed by atoms with van der Waals surface area (Å²) in [6.45, 7) is 2.51. The molecule has 10 heteroatoms. The van der Waals surface area contributed by atoms with Gasteiger partial charge in [-0.1, -0.05) is 6.92 Å². The molecule has 1 aliphatic rings. The van der Waals surface area contributed by atoms with Crippen molar-refractivity contribution in [2.45, 2.75) is 32.3 Å². The Bertz CT molecular complexity index is 972. The molecule has 2 aromatic rings. The van der Waals surface area contributed by atoms with Gasteiger partial charge in [0.15, 0.2) is 0 Å². The highest BCUT2D eigenvalue weighted by Crippen LogP contribution is 2.25. The minimum atomic E-state index is -3.31. The maximum atomic E-state index is 14.1. The number of carbonyl (C=O) groups excluding carboxylic acids is 1. The van der Waals surface area contributed by atoms with Crippen LogP contribution in [0.25, 0.3) is 0 Å². The first-order valence-corrected chi connectivity index (χ1v) is 11.4. The van der Waals surface area contributed by atoms with Crippen LogP contribution in [0.3, 0.4) is 0 Å². The van der Waals surface area contributed by atoms with E-state index in [1.54, 1.807) is 18.3 Å². The van der Waals surface area contributed by atoms with Gasteiger partial charge in [0, 0.05) is 30.6 Å². The Kier molecular flexibility index (Phi) is 7.22. The summed E-state index contributed by atoms with van der Waals surface area (Å²) in [6.07, 6.45) is 4.56. The van der Waals surface area contributed by atoms with Gasteiger partial charge < -0.3 is 15.4 Å². The van der Waals surface area contributed by atoms with E-state index in [1.165, 1.54) is 28.7 Å². The Morgan fingerprint density at radius 1 is 1.30 bits per heavy atom. The third-order valence-corrected chi connectivity index (χ3v) is 6.59. The Morgan fingerprint density at radius 2 is 2.10 bits per heavy atom. The molecule has 0 aliphatic carbocycles. The number of piperidine rings is 1. The number of urea groups is 1. The van der Waals surface area contributed by atoms with Gasteiger partial charge in [-0.05, 0) is 37.5 Å². The van der Waals surface area contributed by atoms with Crippen LogP contribution in [-0.4, -0.2) is 48.7 Å². The number of ether oxygens (including phenoxy) is 1. The lowest BCUT2D eigenvalue weighted by Gasteiger charge is -2.32. The van der Waals surface area contributed by atoms with Crippen LogP contribution in [0.4, 0.5) is 20.6 Å². The second-order valence-corrected chi connectivity index (χ2v) is 9.14. The van der Waals surface area contributed by atoms with E-state index in [9.17, 15) is 17.6 Å². The Labute approximate surface area is 175 Å². The predicted molar refractivity (Wildman–Crippen MR) is 113 cm³/mol. The van der Waals surface area contributed by atoms with Gasteiger partial charge in [0.05, 0.1) is 24.2 Å². The molecule has 0 bridgehead atoms. The number of pyridine rings is 1. The maximum absolute atomic E-state index is 14.1. The third-order valence-electron chi connectivity index (χ3n) is 4.55. The zero-order valence-corrected chi connectivity index (χ0v) is 17.5. The molecule has 8 nitrogen and oxygen atoms in total. The highest BCUT2D eigenvalue weighted by molar-refractivity contribution is 7.89. The van der Waals surface area contributed by atoms with Gasteiger partial charge in [-0.3, -0.25) is 4.98 Å². The first-order chi connectivity index (χ1) is 14.4. The molecule has 1 aromatic heterocycles. The van der Waals surface area contributed by atoms with Crippen molar-refractivity contribution in [3.8, 4) is 5.75 Å². The van der Waals surface area contributed by atoms with Crippen LogP contribution in [0.5, 0.6) is 5.75 Å². The van der Waals surface area contributed by atoms with Crippen molar-refractivity contribution in [3.05, 3.63) is 48.5 Å². The predicted octanol–water partition coefficient (Wildman–Crippen LogP) is 3.45. The Morgan fingerprint density at radius 3 is 2.83 bits per heavy atom. The van der Waals surface area contributed by atoms with Crippen molar-refractivity contribution in [1.82, 2.24) is 9.29 Å². The topological polar surface area (TPSA) is 101 Å². The smallest absolute Gasteiger partial charge is 0.323 e. The molecule has 162 valence electrons. The minimum absolute atomic E-state index is 0.0970. The van der Waals surface area contributed by atoms with Crippen LogP contribution >= 0.6 is 0 Å². The van der Waals surface area contributed by atoms with E-state index >= 15 is 0 Å². The van der Waals surface area contributed by atoms with Gasteiger partial charge in [-0.15, -0.1) is 0 Å². The van der Waals surface area contributed by atoms with Crippen molar-refractivity contribution < 1.29 is 22.3 Å². The molecule has 30 heavy (non-hydrogen) atoms. The molecule has 2 heterocycles. The highest BCUT2D eigenvalue weighted by atomic mass is 32.2. The standard InChI is InChI=1S/C20H25FN4O4S/c1-2-9-30(27,28)25-8-4-6-18(14-25)29-19-11-15(21)10-17(12-19)24-20(26)23-16-5-3-7-22-13-16/h3,5,7,10-13,18H,2,4,6,8-9,14H2,1H3,(H2,23,24,26). The lowest BCUT2D eigenvalue weighted by molar-refractivity contribution is 0.129. The summed E-state index contributed by atoms with van der Waals surface area (Å²) in [6, 6.07) is 6.70. The van der Waals surface area contributed by atoms with E-state index in [0.717, 1.165) is 0 Å². The largest absolute Gasteiger partial charge is 0.489 e. The number of anilines is 2. The molecular formula is C20H25FN4O4S. The normalized spacial score (nSPS) is 17.3. The first-order valence-electron chi connectivity index (χ1n) is 9.79. The Balaban J connectivity index is 1.64. The number of hydrogen-bond donors (Lipinski definition) is 2. The number of rotatable bonds is 7. The number of nitrogens with one attached hydrogen (secondary N) is 2. The van der Waals surface area contributed by atoms with Crippen LogP contribution in [-0.2, 0) is 10.0 Å². The van der Waals surface area contributed by atoms with Gasteiger partial charge in [0.25, 0.3) is 0 Å². The quantitative estimate of drug-likeness (QED) is 0.692. The first kappa shape index (κ1) is 22.0. The van der Waals surface area contributed by atoms with Crippen molar-refractivity contribution in [3.63, 3.8) is 0 Å². The average molecular weight is 437 g/mol. The fraction of sp³-hybridized carbons (Fsp3) is 0.400. The van der Waals surface area contributed by atoms with Gasteiger partial charge in [-0.2, -0.15) is 4.31 Å². The molecule has 0 radical (unpaired) electrons. The number of benzene rings is 1. The van der Waals surface area contributed by atoms with E-state index in [0.29, 0.717) is 31.5 Å². The number of halogens is 1. The van der Waals surface area contributed by atoms with Gasteiger partial charge in [0.1, 0.15) is 17.7 Å². The number of hydrogen-bond acceptors (Lipinski definition) is 5. The van der Waals surface area contributed by atoms with Gasteiger partial charge in [-0.25, -0.2) is 17.6 Å². The third kappa shape index (κ3) is 6.14. The second-order valence-electron chi connectivity index (χ2n) is 7.05. The molecule has 1 aromatic carbocycles. The van der Waals surface area contributed by atoms with Crippen LogP contribution in [0, 0.1) is 5.82 Å². The van der Waals surface area contributed by atoms with Gasteiger partial charge in [0.2, 0.25) is 10.0 Å². The van der Waals surface area contributed by atoms with Crippen LogP contribution in [0.15, 0.2) is 42.7 Å². The molecular weight excluding hydrogens is 411 g/mol. The fourth-order valence-electron chi connectivity index (χ4n) is 3.27. The van der Waals surface area contributed by atoms with E-state index in [-0.39, 0.29) is 29.8 Å². The van der Waals surface area contributed by atoms with Crippen molar-refractivity contribution in [2.75, 3.05) is 29.5 Å². The van der Waals surface area contributed by atoms with Crippen LogP contribution in [0.2, 0.25) is 0 Å². The molecule has 1 unspecified atom stereocenters. The summed E-state index contributed by atoms with van der Waals surface area (Å²) in [5.41, 5.74) is 0.719. The summed E-state index contributed by atoms with van der Waals surface area (Å²) >= 11 is 0. The fourth-order valence-corrected chi connectivity index (χ4v) is 4.84. The highest BCUT2D eigenvalue weighted by Gasteiger charge is 2.29. The molecule has 1 fully saturated rings. The lowest BCUT2D eigenvalue weighted by atomic mass is 10.1. The molecule has 2 N–H and O–H groups in total. The summed E-state index contributed by atoms with van der Waals surface area (Å²) in [5, 5.41) is 5.15. The molecule has 1 aliphatic heterocycles. The molecule has 1 saturated heterocycles. The molecule has 0 spiro atoms. The van der Waals surface area contributed by atoms with E-state index in [4.69, 9.17) is 4.74 Å². The number of amides is 2. The molecule has 1 atom stereocenters. The zero-order valence-electron chi connectivity index (χ0n) is 16.7. The minimum Gasteiger partial charge on any atom is -0.489 e. The summed E-state index contributed by atoms with van der Waals surface area (Å²) in [5.74, 6) is -0.248. The van der Waals surface area contributed by atoms with E-state index in [1.807, 2.05) is 6.92 Å². The maximum Gasteiger partial charge on any atom is 0.323 e. The number of aromatic nitrogens is 1. The SMILES string of the molecule is CCCS(=O)(=O)N1CCCC(Oc2cc(F)cc(NC(=O)Nc3cccnc3)c2)C1. The van der Waals surface area contributed by atoms with Crippen LogP contribution in [0.1, 0.15) is 26.2 Å². The average Bonchev–Trinajstić information content (AvgIpc) is 2.68. The molecule has 0 saturated carbocycles. The summed E-state index contributed by atoms with van der Waals surface area (Å²) < 4.78 is 46.0. The molecule has 3 rings (SSSR count). The number of carbonyl (C=O) groups is 1. The van der Waals surface area contributed by atoms with E-state index < -0.39 is 21.9 Å². The lowest BCUT2D eigenvalue weighted by Crippen LogP contribution is -2.45. The van der Waals surface area contributed by atoms with Crippen molar-refractivity contribution in [1.29, 1.82) is 0 Å². The molecule has 2 amide bonds.